The monoisotopic (exact) mass is 296 g/mol. The summed E-state index contributed by atoms with van der Waals surface area (Å²) < 4.78 is 20.9. The molecule has 0 unspecified atom stereocenters. The van der Waals surface area contributed by atoms with Gasteiger partial charge in [0.2, 0.25) is 0 Å². The van der Waals surface area contributed by atoms with Crippen LogP contribution in [0.2, 0.25) is 0 Å². The van der Waals surface area contributed by atoms with Gasteiger partial charge < -0.3 is 24.1 Å². The highest BCUT2D eigenvalue weighted by Crippen LogP contribution is 2.29. The van der Waals surface area contributed by atoms with Crippen LogP contribution in [0.4, 0.5) is 0 Å². The van der Waals surface area contributed by atoms with Crippen LogP contribution in [0.15, 0.2) is 24.3 Å². The van der Waals surface area contributed by atoms with Crippen molar-refractivity contribution in [1.29, 1.82) is 0 Å². The first-order valence-corrected chi connectivity index (χ1v) is 6.80. The Morgan fingerprint density at radius 3 is 2.67 bits per heavy atom. The molecular formula is C15H20O6. The van der Waals surface area contributed by atoms with Gasteiger partial charge in [-0.2, -0.15) is 0 Å². The van der Waals surface area contributed by atoms with Crippen molar-refractivity contribution in [3.63, 3.8) is 0 Å². The Hall–Kier alpha value is -1.63. The smallest absolute Gasteiger partial charge is 0.305 e. The van der Waals surface area contributed by atoms with Crippen molar-refractivity contribution in [1.82, 2.24) is 0 Å². The van der Waals surface area contributed by atoms with Gasteiger partial charge >= 0.3 is 5.97 Å². The lowest BCUT2D eigenvalue weighted by Gasteiger charge is -2.34. The molecule has 0 radical (unpaired) electrons. The number of benzene rings is 1. The van der Waals surface area contributed by atoms with Crippen LogP contribution < -0.4 is 4.74 Å². The highest BCUT2D eigenvalue weighted by Gasteiger charge is 2.31. The Labute approximate surface area is 123 Å². The van der Waals surface area contributed by atoms with Gasteiger partial charge in [0, 0.05) is 12.0 Å². The minimum Gasteiger partial charge on any atom is -0.497 e. The highest BCUT2D eigenvalue weighted by molar-refractivity contribution is 5.69. The van der Waals surface area contributed by atoms with Crippen molar-refractivity contribution in [2.24, 2.45) is 0 Å². The summed E-state index contributed by atoms with van der Waals surface area (Å²) in [7, 11) is 2.94. The van der Waals surface area contributed by atoms with Crippen molar-refractivity contribution in [3.05, 3.63) is 29.8 Å². The molecule has 3 atom stereocenters. The van der Waals surface area contributed by atoms with E-state index in [9.17, 15) is 9.90 Å². The van der Waals surface area contributed by atoms with Crippen LogP contribution in [0.5, 0.6) is 5.75 Å². The zero-order valence-corrected chi connectivity index (χ0v) is 12.2. The van der Waals surface area contributed by atoms with Gasteiger partial charge in [0.25, 0.3) is 0 Å². The molecule has 0 aliphatic carbocycles. The van der Waals surface area contributed by atoms with E-state index in [-0.39, 0.29) is 19.0 Å². The number of esters is 1. The Morgan fingerprint density at radius 2 is 2.05 bits per heavy atom. The molecule has 6 heteroatoms. The molecule has 1 aliphatic rings. The van der Waals surface area contributed by atoms with E-state index in [4.69, 9.17) is 14.2 Å². The summed E-state index contributed by atoms with van der Waals surface area (Å²) in [6.07, 6.45) is -1.16. The van der Waals surface area contributed by atoms with Crippen molar-refractivity contribution in [3.8, 4) is 5.75 Å². The average Bonchev–Trinajstić information content (AvgIpc) is 2.54. The number of carbonyl (C=O) groups is 1. The Bertz CT molecular complexity index is 458. The van der Waals surface area contributed by atoms with Crippen LogP contribution in [0.25, 0.3) is 0 Å². The summed E-state index contributed by atoms with van der Waals surface area (Å²) in [5.74, 6) is 0.426. The highest BCUT2D eigenvalue weighted by atomic mass is 16.7. The second-order valence-corrected chi connectivity index (χ2v) is 4.80. The maximum absolute atomic E-state index is 11.2. The lowest BCUT2D eigenvalue weighted by atomic mass is 10.1. The molecule has 1 saturated heterocycles. The van der Waals surface area contributed by atoms with Crippen LogP contribution in [-0.4, -0.2) is 44.1 Å². The first kappa shape index (κ1) is 15.8. The lowest BCUT2D eigenvalue weighted by molar-refractivity contribution is -0.258. The van der Waals surface area contributed by atoms with Gasteiger partial charge in [0.05, 0.1) is 26.9 Å². The standard InChI is InChI=1S/C15H20O6/c1-18-11-5-3-10(4-6-11)15-20-9-12(16)13(21-15)7-8-14(17)19-2/h3-6,12-13,15-16H,7-9H2,1-2H3/t12-,13+,15-/m1/s1. The van der Waals surface area contributed by atoms with Crippen molar-refractivity contribution >= 4 is 5.97 Å². The zero-order valence-electron chi connectivity index (χ0n) is 12.2. The summed E-state index contributed by atoms with van der Waals surface area (Å²) in [4.78, 5) is 11.2. The molecule has 0 amide bonds. The molecule has 0 bridgehead atoms. The van der Waals surface area contributed by atoms with E-state index in [1.807, 2.05) is 24.3 Å². The molecule has 1 aromatic rings. The van der Waals surface area contributed by atoms with Gasteiger partial charge in [-0.15, -0.1) is 0 Å². The van der Waals surface area contributed by atoms with Gasteiger partial charge in [-0.3, -0.25) is 4.79 Å². The van der Waals surface area contributed by atoms with E-state index < -0.39 is 18.5 Å². The van der Waals surface area contributed by atoms with Gasteiger partial charge in [-0.25, -0.2) is 0 Å². The van der Waals surface area contributed by atoms with E-state index in [0.29, 0.717) is 6.42 Å². The van der Waals surface area contributed by atoms with Gasteiger partial charge in [0.1, 0.15) is 11.9 Å². The Kier molecular flexibility index (Phi) is 5.55. The molecule has 1 fully saturated rings. The third-order valence-corrected chi connectivity index (χ3v) is 3.39. The molecule has 6 nitrogen and oxygen atoms in total. The quantitative estimate of drug-likeness (QED) is 0.828. The minimum atomic E-state index is -0.746. The number of hydrogen-bond acceptors (Lipinski definition) is 6. The summed E-state index contributed by atoms with van der Waals surface area (Å²) in [5.41, 5.74) is 0.839. The molecule has 0 aromatic heterocycles. The second kappa shape index (κ2) is 7.40. The predicted molar refractivity (Wildman–Crippen MR) is 73.8 cm³/mol. The van der Waals surface area contributed by atoms with Gasteiger partial charge in [0.15, 0.2) is 6.29 Å². The molecule has 1 aliphatic heterocycles. The molecule has 2 rings (SSSR count). The topological polar surface area (TPSA) is 74.2 Å². The molecular weight excluding hydrogens is 276 g/mol. The van der Waals surface area contributed by atoms with E-state index >= 15 is 0 Å². The summed E-state index contributed by atoms with van der Waals surface area (Å²) >= 11 is 0. The van der Waals surface area contributed by atoms with Crippen LogP contribution in [0, 0.1) is 0 Å². The number of aliphatic hydroxyl groups excluding tert-OH is 1. The minimum absolute atomic E-state index is 0.169. The van der Waals surface area contributed by atoms with Crippen LogP contribution >= 0.6 is 0 Å². The third kappa shape index (κ3) is 4.17. The number of rotatable bonds is 5. The Morgan fingerprint density at radius 1 is 1.33 bits per heavy atom. The fraction of sp³-hybridized carbons (Fsp3) is 0.533. The molecule has 116 valence electrons. The maximum Gasteiger partial charge on any atom is 0.305 e. The zero-order chi connectivity index (χ0) is 15.2. The van der Waals surface area contributed by atoms with Gasteiger partial charge in [-0.1, -0.05) is 12.1 Å². The van der Waals surface area contributed by atoms with Crippen molar-refractivity contribution in [2.45, 2.75) is 31.3 Å². The number of hydrogen-bond donors (Lipinski definition) is 1. The fourth-order valence-corrected chi connectivity index (χ4v) is 2.14. The first-order valence-electron chi connectivity index (χ1n) is 6.80. The largest absolute Gasteiger partial charge is 0.497 e. The second-order valence-electron chi connectivity index (χ2n) is 4.80. The predicted octanol–water partition coefficient (Wildman–Crippen LogP) is 1.42. The summed E-state index contributed by atoms with van der Waals surface area (Å²) in [5, 5.41) is 9.88. The van der Waals surface area contributed by atoms with Crippen LogP contribution in [-0.2, 0) is 19.0 Å². The van der Waals surface area contributed by atoms with Crippen molar-refractivity contribution < 1.29 is 28.8 Å². The molecule has 1 aromatic carbocycles. The Balaban J connectivity index is 1.96. The van der Waals surface area contributed by atoms with E-state index in [1.165, 1.54) is 7.11 Å². The fourth-order valence-electron chi connectivity index (χ4n) is 2.14. The number of ether oxygens (including phenoxy) is 4. The SMILES string of the molecule is COC(=O)CC[C@@H]1O[C@H](c2ccc(OC)cc2)OC[C@H]1O. The van der Waals surface area contributed by atoms with Gasteiger partial charge in [-0.05, 0) is 18.6 Å². The first-order chi connectivity index (χ1) is 10.1. The normalized spacial score (nSPS) is 25.4. The summed E-state index contributed by atoms with van der Waals surface area (Å²) in [6, 6.07) is 7.32. The third-order valence-electron chi connectivity index (χ3n) is 3.39. The van der Waals surface area contributed by atoms with Crippen LogP contribution in [0.3, 0.4) is 0 Å². The molecule has 1 heterocycles. The van der Waals surface area contributed by atoms with Crippen molar-refractivity contribution in [2.75, 3.05) is 20.8 Å². The van der Waals surface area contributed by atoms with E-state index in [2.05, 4.69) is 4.74 Å². The number of aliphatic hydroxyl groups is 1. The van der Waals surface area contributed by atoms with E-state index in [0.717, 1.165) is 11.3 Å². The average molecular weight is 296 g/mol. The summed E-state index contributed by atoms with van der Waals surface area (Å²) in [6.45, 7) is 0.169. The number of carbonyl (C=O) groups excluding carboxylic acids is 1. The van der Waals surface area contributed by atoms with E-state index in [1.54, 1.807) is 7.11 Å². The molecule has 0 spiro atoms. The molecule has 1 N–H and O–H groups in total. The lowest BCUT2D eigenvalue weighted by Crippen LogP contribution is -2.40. The van der Waals surface area contributed by atoms with Crippen LogP contribution in [0.1, 0.15) is 24.7 Å². The molecule has 21 heavy (non-hydrogen) atoms. The maximum atomic E-state index is 11.2. The molecule has 0 saturated carbocycles. The number of methoxy groups -OCH3 is 2.